The van der Waals surface area contributed by atoms with Gasteiger partial charge in [0.1, 0.15) is 17.9 Å². The molecule has 2 fully saturated rings. The van der Waals surface area contributed by atoms with Crippen molar-refractivity contribution in [1.29, 1.82) is 0 Å². The van der Waals surface area contributed by atoms with Gasteiger partial charge < -0.3 is 10.2 Å². The number of rotatable bonds is 3. The molecule has 4 nitrogen and oxygen atoms in total. The predicted octanol–water partition coefficient (Wildman–Crippen LogP) is 1.28. The molecule has 0 aliphatic carbocycles. The molecular weight excluding hydrogens is 299 g/mol. The van der Waals surface area contributed by atoms with Gasteiger partial charge in [0, 0.05) is 6.54 Å². The monoisotopic (exact) mass is 315 g/mol. The summed E-state index contributed by atoms with van der Waals surface area (Å²) in [4.78, 5) is 1.99. The molecule has 2 N–H and O–H groups in total. The van der Waals surface area contributed by atoms with Crippen LogP contribution in [0.3, 0.4) is 0 Å². The number of benzene rings is 1. The molecule has 1 unspecified atom stereocenters. The fraction of sp³-hybridized carbons (Fsp3) is 0.462. The van der Waals surface area contributed by atoms with Crippen molar-refractivity contribution < 1.29 is 13.2 Å². The fourth-order valence-corrected chi connectivity index (χ4v) is 5.17. The highest BCUT2D eigenvalue weighted by atomic mass is 32.3. The molecule has 3 atom stereocenters. The summed E-state index contributed by atoms with van der Waals surface area (Å²) >= 11 is 5.29. The molecule has 2 aliphatic heterocycles. The molecular formula is C13H16FN2O2S2+. The second-order valence-electron chi connectivity index (χ2n) is 5.30. The van der Waals surface area contributed by atoms with Crippen LogP contribution in [0.5, 0.6) is 0 Å². The molecule has 108 valence electrons. The van der Waals surface area contributed by atoms with Crippen LogP contribution in [-0.4, -0.2) is 44.7 Å². The fourth-order valence-electron chi connectivity index (χ4n) is 2.85. The first kappa shape index (κ1) is 13.9. The number of thiocarbonyl (C=S) groups is 1. The molecule has 0 aromatic heterocycles. The molecule has 20 heavy (non-hydrogen) atoms. The van der Waals surface area contributed by atoms with E-state index in [9.17, 15) is 13.2 Å². The first-order valence-corrected chi connectivity index (χ1v) is 8.74. The van der Waals surface area contributed by atoms with E-state index in [2.05, 4.69) is 5.32 Å². The highest BCUT2D eigenvalue weighted by Crippen LogP contribution is 2.27. The molecule has 0 bridgehead atoms. The maximum absolute atomic E-state index is 12.9. The van der Waals surface area contributed by atoms with Crippen LogP contribution in [0.15, 0.2) is 24.3 Å². The Labute approximate surface area is 123 Å². The van der Waals surface area contributed by atoms with Crippen molar-refractivity contribution in [3.05, 3.63) is 35.6 Å². The highest BCUT2D eigenvalue weighted by molar-refractivity contribution is 7.98. The van der Waals surface area contributed by atoms with Gasteiger partial charge >= 0.3 is 0 Å². The minimum absolute atomic E-state index is 0.000415. The van der Waals surface area contributed by atoms with Crippen molar-refractivity contribution in [3.8, 4) is 0 Å². The van der Waals surface area contributed by atoms with Crippen LogP contribution in [0, 0.1) is 5.82 Å². The zero-order chi connectivity index (χ0) is 14.3. The minimum Gasteiger partial charge on any atom is -0.353 e. The first-order chi connectivity index (χ1) is 9.44. The summed E-state index contributed by atoms with van der Waals surface area (Å²) in [6, 6.07) is 6.37. The molecule has 1 aromatic rings. The second-order valence-corrected chi connectivity index (χ2v) is 7.90. The third-order valence-corrected chi connectivity index (χ3v) is 5.96. The smallest absolute Gasteiger partial charge is 0.218 e. The van der Waals surface area contributed by atoms with Crippen molar-refractivity contribution >= 4 is 27.5 Å². The van der Waals surface area contributed by atoms with Gasteiger partial charge in [-0.15, -0.1) is 0 Å². The van der Waals surface area contributed by atoms with E-state index in [1.54, 1.807) is 12.1 Å². The van der Waals surface area contributed by atoms with Crippen LogP contribution in [0.25, 0.3) is 0 Å². The Morgan fingerprint density at radius 1 is 1.40 bits per heavy atom. The van der Waals surface area contributed by atoms with E-state index < -0.39 is 10.2 Å². The lowest BCUT2D eigenvalue weighted by molar-refractivity contribution is 0.357. The second kappa shape index (κ2) is 5.05. The quantitative estimate of drug-likeness (QED) is 0.650. The summed E-state index contributed by atoms with van der Waals surface area (Å²) in [5, 5.41) is 3.78. The van der Waals surface area contributed by atoms with Gasteiger partial charge in [-0.25, -0.2) is 4.39 Å². The van der Waals surface area contributed by atoms with Crippen molar-refractivity contribution in [1.82, 2.24) is 10.2 Å². The first-order valence-electron chi connectivity index (χ1n) is 6.48. The van der Waals surface area contributed by atoms with Crippen LogP contribution in [0.2, 0.25) is 0 Å². The lowest BCUT2D eigenvalue weighted by Crippen LogP contribution is -2.38. The maximum Gasteiger partial charge on any atom is 0.218 e. The molecule has 0 spiro atoms. The largest absolute Gasteiger partial charge is 0.353 e. The van der Waals surface area contributed by atoms with Gasteiger partial charge in [0.25, 0.3) is 0 Å². The number of hydrogen-bond donors (Lipinski definition) is 2. The van der Waals surface area contributed by atoms with E-state index in [4.69, 9.17) is 12.2 Å². The Morgan fingerprint density at radius 3 is 2.80 bits per heavy atom. The van der Waals surface area contributed by atoms with Crippen LogP contribution in [0.4, 0.5) is 4.39 Å². The van der Waals surface area contributed by atoms with Gasteiger partial charge in [-0.05, 0) is 36.3 Å². The summed E-state index contributed by atoms with van der Waals surface area (Å²) < 4.78 is 34.3. The van der Waals surface area contributed by atoms with E-state index in [0.717, 1.165) is 12.0 Å². The van der Waals surface area contributed by atoms with E-state index in [0.29, 0.717) is 11.7 Å². The Balaban J connectivity index is 1.66. The van der Waals surface area contributed by atoms with E-state index in [-0.39, 0.29) is 29.4 Å². The van der Waals surface area contributed by atoms with Crippen molar-refractivity contribution in [2.75, 3.05) is 18.1 Å². The molecule has 0 radical (unpaired) electrons. The lowest BCUT2D eigenvalue weighted by atomic mass is 10.1. The van der Waals surface area contributed by atoms with Gasteiger partial charge in [0.05, 0.1) is 0 Å². The standard InChI is InChI=1S/C13H15FN2O2S2/c14-10-3-1-9(2-4-10)5-6-16-12-8-20(17,18)7-11(12)15-13(16)19/h1-4,11-12H,5-8H2,(H-,15,17,18,19)/p+1/t11-,12+/m1/s1. The number of hydrogen-bond acceptors (Lipinski definition) is 2. The van der Waals surface area contributed by atoms with Crippen LogP contribution >= 0.6 is 12.2 Å². The van der Waals surface area contributed by atoms with Crippen molar-refractivity contribution in [2.45, 2.75) is 18.5 Å². The maximum atomic E-state index is 12.9. The van der Waals surface area contributed by atoms with E-state index >= 15 is 0 Å². The van der Waals surface area contributed by atoms with Crippen LogP contribution < -0.4 is 5.32 Å². The Hall–Kier alpha value is -1.05. The van der Waals surface area contributed by atoms with E-state index in [1.165, 1.54) is 12.1 Å². The van der Waals surface area contributed by atoms with Gasteiger partial charge in [-0.2, -0.15) is 4.55 Å². The van der Waals surface area contributed by atoms with Crippen molar-refractivity contribution in [2.24, 2.45) is 0 Å². The topological polar surface area (TPSA) is 52.6 Å². The molecule has 1 aromatic carbocycles. The number of nitrogens with one attached hydrogen (secondary N) is 1. The molecule has 7 heteroatoms. The number of fused-ring (bicyclic) bond motifs is 1. The average Bonchev–Trinajstić information content (AvgIpc) is 2.80. The normalized spacial score (nSPS) is 32.3. The molecule has 0 saturated carbocycles. The highest BCUT2D eigenvalue weighted by Gasteiger charge is 2.53. The van der Waals surface area contributed by atoms with Crippen LogP contribution in [0.1, 0.15) is 5.56 Å². The SMILES string of the molecule is O=[S+]1(O)C[C@H]2NC(=S)N(CCc3ccc(F)cc3)[C@H]2C1. The van der Waals surface area contributed by atoms with Crippen molar-refractivity contribution in [3.63, 3.8) is 0 Å². The minimum atomic E-state index is -2.71. The molecule has 3 rings (SSSR count). The number of nitrogens with zero attached hydrogens (tertiary/aromatic N) is 1. The lowest BCUT2D eigenvalue weighted by Gasteiger charge is -2.21. The summed E-state index contributed by atoms with van der Waals surface area (Å²) in [5.74, 6) is 0.294. The molecule has 0 amide bonds. The van der Waals surface area contributed by atoms with Gasteiger partial charge in [0.2, 0.25) is 10.2 Å². The predicted molar refractivity (Wildman–Crippen MR) is 80.5 cm³/mol. The summed E-state index contributed by atoms with van der Waals surface area (Å²) in [7, 11) is -2.71. The third kappa shape index (κ3) is 2.70. The Bertz CT molecular complexity index is 578. The summed E-state index contributed by atoms with van der Waals surface area (Å²) in [6.45, 7) is 0.675. The van der Waals surface area contributed by atoms with Gasteiger partial charge in [-0.1, -0.05) is 16.3 Å². The summed E-state index contributed by atoms with van der Waals surface area (Å²) in [5.41, 5.74) is 1.03. The average molecular weight is 315 g/mol. The third-order valence-electron chi connectivity index (χ3n) is 3.86. The number of halogens is 1. The zero-order valence-electron chi connectivity index (χ0n) is 10.8. The molecule has 2 aliphatic rings. The Morgan fingerprint density at radius 2 is 2.10 bits per heavy atom. The molecule has 2 heterocycles. The summed E-state index contributed by atoms with van der Waals surface area (Å²) in [6.07, 6.45) is 0.734. The molecule has 2 saturated heterocycles. The van der Waals surface area contributed by atoms with Crippen LogP contribution in [-0.2, 0) is 20.8 Å². The van der Waals surface area contributed by atoms with Gasteiger partial charge in [-0.3, -0.25) is 0 Å². The van der Waals surface area contributed by atoms with E-state index in [1.807, 2.05) is 4.90 Å². The van der Waals surface area contributed by atoms with Gasteiger partial charge in [0.15, 0.2) is 16.6 Å². The Kier molecular flexibility index (Phi) is 3.51. The zero-order valence-corrected chi connectivity index (χ0v) is 12.4.